The molecule has 1 amide bonds. The van der Waals surface area contributed by atoms with Crippen molar-refractivity contribution in [1.82, 2.24) is 10.3 Å². The maximum Gasteiger partial charge on any atom is 0.244 e. The van der Waals surface area contributed by atoms with Gasteiger partial charge in [-0.1, -0.05) is 24.3 Å². The second-order valence-electron chi connectivity index (χ2n) is 5.88. The Morgan fingerprint density at radius 3 is 3.09 bits per heavy atom. The number of hydrogen-bond donors (Lipinski definition) is 2. The van der Waals surface area contributed by atoms with Crippen molar-refractivity contribution in [2.24, 2.45) is 0 Å². The average Bonchev–Trinajstić information content (AvgIpc) is 2.97. The van der Waals surface area contributed by atoms with Gasteiger partial charge in [0.15, 0.2) is 0 Å². The molecule has 0 radical (unpaired) electrons. The number of aromatic nitrogens is 1. The number of fused-ring (bicyclic) bond motifs is 1. The number of carbonyl (C=O) groups is 1. The molecule has 5 heteroatoms. The average molecular weight is 328 g/mol. The summed E-state index contributed by atoms with van der Waals surface area (Å²) in [6, 6.07) is 7.93. The van der Waals surface area contributed by atoms with Crippen molar-refractivity contribution in [2.45, 2.75) is 31.8 Å². The van der Waals surface area contributed by atoms with E-state index >= 15 is 0 Å². The van der Waals surface area contributed by atoms with Crippen LogP contribution in [0.2, 0.25) is 0 Å². The zero-order valence-electron chi connectivity index (χ0n) is 13.1. The third-order valence-electron chi connectivity index (χ3n) is 4.15. The van der Waals surface area contributed by atoms with Crippen LogP contribution in [0.1, 0.15) is 33.9 Å². The Kier molecular flexibility index (Phi) is 4.59. The largest absolute Gasteiger partial charge is 0.383 e. The summed E-state index contributed by atoms with van der Waals surface area (Å²) in [4.78, 5) is 17.1. The number of aliphatic hydroxyl groups is 1. The van der Waals surface area contributed by atoms with Gasteiger partial charge in [-0.25, -0.2) is 4.98 Å². The quantitative estimate of drug-likeness (QED) is 0.849. The molecule has 23 heavy (non-hydrogen) atoms. The second kappa shape index (κ2) is 6.64. The van der Waals surface area contributed by atoms with Crippen LogP contribution in [0.25, 0.3) is 6.08 Å². The first-order valence-electron chi connectivity index (χ1n) is 7.76. The van der Waals surface area contributed by atoms with Crippen molar-refractivity contribution < 1.29 is 9.90 Å². The lowest BCUT2D eigenvalue weighted by Gasteiger charge is -2.34. The van der Waals surface area contributed by atoms with Gasteiger partial charge in [0.05, 0.1) is 11.6 Å². The third kappa shape index (κ3) is 3.68. The van der Waals surface area contributed by atoms with Crippen molar-refractivity contribution >= 4 is 23.3 Å². The number of hydrogen-bond acceptors (Lipinski definition) is 4. The van der Waals surface area contributed by atoms with Crippen molar-refractivity contribution in [3.63, 3.8) is 0 Å². The molecule has 1 atom stereocenters. The third-order valence-corrected chi connectivity index (χ3v) is 5.03. The predicted octanol–water partition coefficient (Wildman–Crippen LogP) is 2.81. The maximum atomic E-state index is 12.0. The van der Waals surface area contributed by atoms with Gasteiger partial charge < -0.3 is 10.4 Å². The van der Waals surface area contributed by atoms with E-state index in [4.69, 9.17) is 0 Å². The van der Waals surface area contributed by atoms with Gasteiger partial charge in [-0.05, 0) is 43.4 Å². The topological polar surface area (TPSA) is 62.2 Å². The van der Waals surface area contributed by atoms with E-state index in [0.717, 1.165) is 28.3 Å². The Bertz CT molecular complexity index is 738. The van der Waals surface area contributed by atoms with Gasteiger partial charge in [-0.2, -0.15) is 0 Å². The fraction of sp³-hybridized carbons (Fsp3) is 0.333. The summed E-state index contributed by atoms with van der Waals surface area (Å²) in [5.41, 5.74) is 1.14. The highest BCUT2D eigenvalue weighted by atomic mass is 32.1. The van der Waals surface area contributed by atoms with Gasteiger partial charge in [0.25, 0.3) is 0 Å². The molecule has 1 aliphatic rings. The van der Waals surface area contributed by atoms with Crippen LogP contribution in [0, 0.1) is 6.92 Å². The molecule has 0 spiro atoms. The van der Waals surface area contributed by atoms with E-state index in [2.05, 4.69) is 10.3 Å². The van der Waals surface area contributed by atoms with Crippen LogP contribution in [0.3, 0.4) is 0 Å². The van der Waals surface area contributed by atoms with Crippen molar-refractivity contribution in [2.75, 3.05) is 6.54 Å². The molecule has 0 unspecified atom stereocenters. The number of rotatable bonds is 4. The Morgan fingerprint density at radius 1 is 1.48 bits per heavy atom. The normalized spacial score (nSPS) is 20.4. The molecule has 1 heterocycles. The molecule has 2 N–H and O–H groups in total. The molecule has 4 nitrogen and oxygen atoms in total. The molecular formula is C18H20N2O2S. The first kappa shape index (κ1) is 15.9. The van der Waals surface area contributed by atoms with E-state index < -0.39 is 5.60 Å². The molecule has 0 aliphatic heterocycles. The molecule has 1 aliphatic carbocycles. The molecule has 0 bridgehead atoms. The zero-order chi connectivity index (χ0) is 16.3. The van der Waals surface area contributed by atoms with E-state index in [1.54, 1.807) is 12.3 Å². The molecule has 1 aromatic carbocycles. The Labute approximate surface area is 139 Å². The van der Waals surface area contributed by atoms with Gasteiger partial charge in [0.1, 0.15) is 5.60 Å². The number of nitrogens with one attached hydrogen (secondary N) is 1. The number of nitrogens with zero attached hydrogens (tertiary/aromatic N) is 1. The summed E-state index contributed by atoms with van der Waals surface area (Å²) in [5, 5.41) is 14.7. The van der Waals surface area contributed by atoms with Gasteiger partial charge in [-0.3, -0.25) is 4.79 Å². The molecule has 120 valence electrons. The minimum absolute atomic E-state index is 0.201. The van der Waals surface area contributed by atoms with Crippen LogP contribution in [0.15, 0.2) is 36.5 Å². The smallest absolute Gasteiger partial charge is 0.244 e. The van der Waals surface area contributed by atoms with E-state index in [1.165, 1.54) is 23.0 Å². The highest BCUT2D eigenvalue weighted by molar-refractivity contribution is 7.12. The van der Waals surface area contributed by atoms with Crippen molar-refractivity contribution in [3.05, 3.63) is 57.6 Å². The van der Waals surface area contributed by atoms with Crippen molar-refractivity contribution in [1.29, 1.82) is 0 Å². The number of amides is 1. The fourth-order valence-electron chi connectivity index (χ4n) is 2.99. The summed E-state index contributed by atoms with van der Waals surface area (Å²) < 4.78 is 0. The summed E-state index contributed by atoms with van der Waals surface area (Å²) in [6.45, 7) is 2.16. The fourth-order valence-corrected chi connectivity index (χ4v) is 3.67. The predicted molar refractivity (Wildman–Crippen MR) is 92.2 cm³/mol. The summed E-state index contributed by atoms with van der Waals surface area (Å²) >= 11 is 1.54. The van der Waals surface area contributed by atoms with Crippen LogP contribution >= 0.6 is 11.3 Å². The number of carbonyl (C=O) groups excluding carboxylic acids is 1. The van der Waals surface area contributed by atoms with E-state index in [-0.39, 0.29) is 12.5 Å². The number of benzene rings is 1. The lowest BCUT2D eigenvalue weighted by molar-refractivity contribution is -0.118. The number of aryl methyl sites for hydroxylation is 2. The minimum Gasteiger partial charge on any atom is -0.383 e. The van der Waals surface area contributed by atoms with E-state index in [0.29, 0.717) is 6.42 Å². The summed E-state index contributed by atoms with van der Waals surface area (Å²) in [5.74, 6) is -0.201. The Balaban J connectivity index is 1.64. The second-order valence-corrected chi connectivity index (χ2v) is 7.14. The highest BCUT2D eigenvalue weighted by Crippen LogP contribution is 2.34. The van der Waals surface area contributed by atoms with Crippen LogP contribution in [-0.2, 0) is 16.8 Å². The number of thiazole rings is 1. The van der Waals surface area contributed by atoms with Crippen LogP contribution in [0.4, 0.5) is 0 Å². The standard InChI is InChI=1S/C18H20N2O2S/c1-13-19-11-15(23-13)8-9-17(21)20-12-18(22)10-4-6-14-5-2-3-7-16(14)18/h2-3,5,7-9,11,22H,4,6,10,12H2,1H3,(H,20,21)/b9-8-/t18-/m1/s1. The SMILES string of the molecule is Cc1ncc(/C=C\C(=O)NC[C@]2(O)CCCc3ccccc32)s1. The summed E-state index contributed by atoms with van der Waals surface area (Å²) in [7, 11) is 0. The molecule has 0 fully saturated rings. The molecule has 0 saturated carbocycles. The minimum atomic E-state index is -0.973. The highest BCUT2D eigenvalue weighted by Gasteiger charge is 2.34. The Morgan fingerprint density at radius 2 is 2.30 bits per heavy atom. The molecular weight excluding hydrogens is 308 g/mol. The monoisotopic (exact) mass is 328 g/mol. The molecule has 3 rings (SSSR count). The zero-order valence-corrected chi connectivity index (χ0v) is 13.9. The maximum absolute atomic E-state index is 12.0. The van der Waals surface area contributed by atoms with Crippen LogP contribution in [0.5, 0.6) is 0 Å². The lowest BCUT2D eigenvalue weighted by Crippen LogP contribution is -2.42. The van der Waals surface area contributed by atoms with Crippen LogP contribution < -0.4 is 5.32 Å². The van der Waals surface area contributed by atoms with Crippen molar-refractivity contribution in [3.8, 4) is 0 Å². The molecule has 1 aromatic heterocycles. The van der Waals surface area contributed by atoms with Gasteiger partial charge in [-0.15, -0.1) is 11.3 Å². The first-order chi connectivity index (χ1) is 11.1. The van der Waals surface area contributed by atoms with E-state index in [1.807, 2.05) is 31.2 Å². The van der Waals surface area contributed by atoms with Gasteiger partial charge >= 0.3 is 0 Å². The van der Waals surface area contributed by atoms with Gasteiger partial charge in [0.2, 0.25) is 5.91 Å². The van der Waals surface area contributed by atoms with E-state index in [9.17, 15) is 9.90 Å². The molecule has 2 aromatic rings. The first-order valence-corrected chi connectivity index (χ1v) is 8.58. The lowest BCUT2D eigenvalue weighted by atomic mass is 9.79. The van der Waals surface area contributed by atoms with Gasteiger partial charge in [0, 0.05) is 17.2 Å². The van der Waals surface area contributed by atoms with Crippen LogP contribution in [-0.4, -0.2) is 22.5 Å². The summed E-state index contributed by atoms with van der Waals surface area (Å²) in [6.07, 6.45) is 7.57. The Hall–Kier alpha value is -1.98. The molecule has 0 saturated heterocycles.